The first-order valence-electron chi connectivity index (χ1n) is 7.15. The van der Waals surface area contributed by atoms with Crippen molar-refractivity contribution in [3.05, 3.63) is 29.8 Å². The first-order chi connectivity index (χ1) is 9.88. The Balaban J connectivity index is 1.94. The Labute approximate surface area is 125 Å². The molecule has 21 heavy (non-hydrogen) atoms. The number of fused-ring (bicyclic) bond motifs is 1. The molecule has 5 heteroatoms. The molecule has 0 unspecified atom stereocenters. The van der Waals surface area contributed by atoms with E-state index in [1.807, 2.05) is 45.0 Å². The maximum atomic E-state index is 12.0. The van der Waals surface area contributed by atoms with Crippen LogP contribution in [0.3, 0.4) is 0 Å². The zero-order valence-corrected chi connectivity index (χ0v) is 12.8. The molecular formula is C16H22N2O3. The molecule has 1 aromatic carbocycles. The summed E-state index contributed by atoms with van der Waals surface area (Å²) in [7, 11) is 0. The van der Waals surface area contributed by atoms with Crippen molar-refractivity contribution in [2.75, 3.05) is 19.7 Å². The number of hydrogen-bond acceptors (Lipinski definition) is 3. The van der Waals surface area contributed by atoms with Gasteiger partial charge in [0.05, 0.1) is 0 Å². The summed E-state index contributed by atoms with van der Waals surface area (Å²) in [5.74, 6) is 0.685. The third-order valence-electron chi connectivity index (χ3n) is 3.39. The number of nitrogens with zero attached hydrogens (tertiary/aromatic N) is 1. The Morgan fingerprint density at radius 2 is 2.05 bits per heavy atom. The predicted molar refractivity (Wildman–Crippen MR) is 79.8 cm³/mol. The van der Waals surface area contributed by atoms with Gasteiger partial charge in [0.2, 0.25) is 5.91 Å². The molecule has 1 heterocycles. The van der Waals surface area contributed by atoms with Gasteiger partial charge in [0.25, 0.3) is 5.91 Å². The van der Waals surface area contributed by atoms with Crippen molar-refractivity contribution in [2.45, 2.75) is 27.3 Å². The number of carbonyl (C=O) groups excluding carboxylic acids is 2. The van der Waals surface area contributed by atoms with Crippen molar-refractivity contribution in [1.82, 2.24) is 10.2 Å². The highest BCUT2D eigenvalue weighted by Gasteiger charge is 2.23. The van der Waals surface area contributed by atoms with Gasteiger partial charge in [0.15, 0.2) is 6.61 Å². The van der Waals surface area contributed by atoms with Crippen LogP contribution in [-0.2, 0) is 16.1 Å². The zero-order chi connectivity index (χ0) is 15.5. The molecule has 1 aromatic rings. The van der Waals surface area contributed by atoms with Crippen molar-refractivity contribution in [3.8, 4) is 5.75 Å². The highest BCUT2D eigenvalue weighted by Crippen LogP contribution is 2.22. The van der Waals surface area contributed by atoms with Gasteiger partial charge in [0, 0.05) is 30.6 Å². The number of benzene rings is 1. The molecule has 5 nitrogen and oxygen atoms in total. The van der Waals surface area contributed by atoms with Gasteiger partial charge >= 0.3 is 0 Å². The number of nitrogens with one attached hydrogen (secondary N) is 1. The molecule has 0 aliphatic carbocycles. The average Bonchev–Trinajstić information content (AvgIpc) is 2.58. The van der Waals surface area contributed by atoms with Crippen LogP contribution in [0.1, 0.15) is 26.3 Å². The van der Waals surface area contributed by atoms with Crippen LogP contribution in [0.25, 0.3) is 0 Å². The summed E-state index contributed by atoms with van der Waals surface area (Å²) in [4.78, 5) is 25.6. The number of carbonyl (C=O) groups is 2. The Kier molecular flexibility index (Phi) is 4.50. The van der Waals surface area contributed by atoms with Gasteiger partial charge in [-0.25, -0.2) is 0 Å². The molecule has 1 aliphatic heterocycles. The minimum Gasteiger partial charge on any atom is -0.483 e. The summed E-state index contributed by atoms with van der Waals surface area (Å²) in [6, 6.07) is 7.64. The lowest BCUT2D eigenvalue weighted by Crippen LogP contribution is -2.42. The van der Waals surface area contributed by atoms with E-state index in [1.165, 1.54) is 0 Å². The Morgan fingerprint density at radius 3 is 2.76 bits per heavy atom. The molecule has 0 saturated heterocycles. The Bertz CT molecular complexity index is 535. The summed E-state index contributed by atoms with van der Waals surface area (Å²) in [6.07, 6.45) is 0. The van der Waals surface area contributed by atoms with E-state index in [0.717, 1.165) is 11.3 Å². The number of ether oxygens (including phenoxy) is 1. The fourth-order valence-electron chi connectivity index (χ4n) is 2.07. The maximum absolute atomic E-state index is 12.0. The first-order valence-corrected chi connectivity index (χ1v) is 7.15. The van der Waals surface area contributed by atoms with Crippen LogP contribution in [0.15, 0.2) is 24.3 Å². The standard InChI is InChI=1S/C16H22N2O3/c1-16(2,3)15(20)17-8-9-18-10-12-6-4-5-7-13(12)21-11-14(18)19/h4-7H,8-11H2,1-3H3,(H,17,20). The van der Waals surface area contributed by atoms with Crippen LogP contribution in [0, 0.1) is 5.41 Å². The molecular weight excluding hydrogens is 268 g/mol. The van der Waals surface area contributed by atoms with Crippen molar-refractivity contribution in [3.63, 3.8) is 0 Å². The monoisotopic (exact) mass is 290 g/mol. The highest BCUT2D eigenvalue weighted by molar-refractivity contribution is 5.81. The van der Waals surface area contributed by atoms with Gasteiger partial charge in [-0.1, -0.05) is 39.0 Å². The summed E-state index contributed by atoms with van der Waals surface area (Å²) >= 11 is 0. The second-order valence-corrected chi connectivity index (χ2v) is 6.22. The lowest BCUT2D eigenvalue weighted by atomic mass is 9.96. The van der Waals surface area contributed by atoms with Gasteiger partial charge in [-0.15, -0.1) is 0 Å². The molecule has 0 fully saturated rings. The molecule has 1 aliphatic rings. The number of para-hydroxylation sites is 1. The average molecular weight is 290 g/mol. The third-order valence-corrected chi connectivity index (χ3v) is 3.39. The van der Waals surface area contributed by atoms with Crippen LogP contribution in [0.2, 0.25) is 0 Å². The Hall–Kier alpha value is -2.04. The van der Waals surface area contributed by atoms with Crippen molar-refractivity contribution in [2.24, 2.45) is 5.41 Å². The first kappa shape index (κ1) is 15.4. The Morgan fingerprint density at radius 1 is 1.33 bits per heavy atom. The zero-order valence-electron chi connectivity index (χ0n) is 12.8. The fraction of sp³-hybridized carbons (Fsp3) is 0.500. The smallest absolute Gasteiger partial charge is 0.260 e. The minimum atomic E-state index is -0.418. The van der Waals surface area contributed by atoms with Crippen molar-refractivity contribution >= 4 is 11.8 Å². The number of hydrogen-bond donors (Lipinski definition) is 1. The van der Waals surface area contributed by atoms with Crippen molar-refractivity contribution < 1.29 is 14.3 Å². The van der Waals surface area contributed by atoms with E-state index in [-0.39, 0.29) is 18.4 Å². The quantitative estimate of drug-likeness (QED) is 0.919. The normalized spacial score (nSPS) is 15.0. The number of amides is 2. The van der Waals surface area contributed by atoms with Crippen LogP contribution < -0.4 is 10.1 Å². The molecule has 2 rings (SSSR count). The predicted octanol–water partition coefficient (Wildman–Crippen LogP) is 1.57. The number of rotatable bonds is 3. The van der Waals surface area contributed by atoms with Gasteiger partial charge in [0.1, 0.15) is 5.75 Å². The SMILES string of the molecule is CC(C)(C)C(=O)NCCN1Cc2ccccc2OCC1=O. The van der Waals surface area contributed by atoms with Gasteiger partial charge in [-0.05, 0) is 6.07 Å². The second kappa shape index (κ2) is 6.16. The van der Waals surface area contributed by atoms with Crippen LogP contribution in [0.4, 0.5) is 0 Å². The highest BCUT2D eigenvalue weighted by atomic mass is 16.5. The minimum absolute atomic E-state index is 0.0126. The lowest BCUT2D eigenvalue weighted by Gasteiger charge is -2.22. The van der Waals surface area contributed by atoms with Gasteiger partial charge in [-0.2, -0.15) is 0 Å². The van der Waals surface area contributed by atoms with E-state index in [2.05, 4.69) is 5.32 Å². The molecule has 0 atom stereocenters. The topological polar surface area (TPSA) is 58.6 Å². The molecule has 0 radical (unpaired) electrons. The van der Waals surface area contributed by atoms with Crippen LogP contribution in [0.5, 0.6) is 5.75 Å². The summed E-state index contributed by atoms with van der Waals surface area (Å²) < 4.78 is 5.49. The van der Waals surface area contributed by atoms with Gasteiger partial charge in [-0.3, -0.25) is 9.59 Å². The largest absolute Gasteiger partial charge is 0.483 e. The summed E-state index contributed by atoms with van der Waals surface area (Å²) in [5.41, 5.74) is 0.573. The van der Waals surface area contributed by atoms with E-state index in [4.69, 9.17) is 4.74 Å². The molecule has 0 bridgehead atoms. The summed E-state index contributed by atoms with van der Waals surface area (Å²) in [6.45, 7) is 7.09. The van der Waals surface area contributed by atoms with E-state index >= 15 is 0 Å². The van der Waals surface area contributed by atoms with E-state index < -0.39 is 5.41 Å². The fourth-order valence-corrected chi connectivity index (χ4v) is 2.07. The van der Waals surface area contributed by atoms with Crippen LogP contribution >= 0.6 is 0 Å². The maximum Gasteiger partial charge on any atom is 0.260 e. The van der Waals surface area contributed by atoms with E-state index in [9.17, 15) is 9.59 Å². The molecule has 0 saturated carbocycles. The second-order valence-electron chi connectivity index (χ2n) is 6.22. The van der Waals surface area contributed by atoms with Crippen LogP contribution in [-0.4, -0.2) is 36.4 Å². The van der Waals surface area contributed by atoms with E-state index in [1.54, 1.807) is 4.90 Å². The van der Waals surface area contributed by atoms with Gasteiger partial charge < -0.3 is 15.0 Å². The summed E-state index contributed by atoms with van der Waals surface area (Å²) in [5, 5.41) is 2.86. The molecule has 0 aromatic heterocycles. The molecule has 2 amide bonds. The third kappa shape index (κ3) is 3.97. The van der Waals surface area contributed by atoms with Crippen molar-refractivity contribution in [1.29, 1.82) is 0 Å². The molecule has 0 spiro atoms. The lowest BCUT2D eigenvalue weighted by molar-refractivity contribution is -0.134. The van der Waals surface area contributed by atoms with E-state index in [0.29, 0.717) is 19.6 Å². The molecule has 1 N–H and O–H groups in total. The molecule has 114 valence electrons.